The molecule has 5 rings (SSSR count). The SMILES string of the molecule is Cc1ccccc1N1C(=O)c2cc3sccc3n2CC1(C)C(=O)NC1CCCCC1C. The van der Waals surface area contributed by atoms with E-state index in [4.69, 9.17) is 0 Å². The Hall–Kier alpha value is -2.60. The lowest BCUT2D eigenvalue weighted by atomic mass is 9.84. The Morgan fingerprint density at radius 3 is 2.74 bits per heavy atom. The molecule has 0 radical (unpaired) electrons. The zero-order valence-electron chi connectivity index (χ0n) is 18.4. The smallest absolute Gasteiger partial charge is 0.275 e. The number of nitrogens with one attached hydrogen (secondary N) is 1. The largest absolute Gasteiger partial charge is 0.351 e. The van der Waals surface area contributed by atoms with Crippen molar-refractivity contribution in [2.45, 2.75) is 64.6 Å². The van der Waals surface area contributed by atoms with E-state index in [0.29, 0.717) is 18.2 Å². The lowest BCUT2D eigenvalue weighted by Gasteiger charge is -2.45. The number of para-hydroxylation sites is 1. The summed E-state index contributed by atoms with van der Waals surface area (Å²) in [6.45, 7) is 6.57. The van der Waals surface area contributed by atoms with E-state index in [2.05, 4.69) is 12.2 Å². The van der Waals surface area contributed by atoms with Gasteiger partial charge in [0.15, 0.2) is 0 Å². The molecule has 31 heavy (non-hydrogen) atoms. The fourth-order valence-electron chi connectivity index (χ4n) is 5.26. The third-order valence-corrected chi connectivity index (χ3v) is 8.03. The van der Waals surface area contributed by atoms with Crippen LogP contribution < -0.4 is 10.2 Å². The molecule has 0 spiro atoms. The highest BCUT2D eigenvalue weighted by molar-refractivity contribution is 7.17. The Labute approximate surface area is 187 Å². The van der Waals surface area contributed by atoms with Crippen LogP contribution in [0, 0.1) is 12.8 Å². The predicted molar refractivity (Wildman–Crippen MR) is 126 cm³/mol. The van der Waals surface area contributed by atoms with Crippen molar-refractivity contribution in [2.24, 2.45) is 5.92 Å². The summed E-state index contributed by atoms with van der Waals surface area (Å²) >= 11 is 1.63. The van der Waals surface area contributed by atoms with Crippen LogP contribution in [0.25, 0.3) is 10.2 Å². The van der Waals surface area contributed by atoms with Crippen molar-refractivity contribution in [3.05, 3.63) is 53.0 Å². The third-order valence-electron chi connectivity index (χ3n) is 7.18. The van der Waals surface area contributed by atoms with Gasteiger partial charge in [0, 0.05) is 11.7 Å². The molecule has 5 nitrogen and oxygen atoms in total. The minimum Gasteiger partial charge on any atom is -0.351 e. The Morgan fingerprint density at radius 1 is 1.19 bits per heavy atom. The molecule has 1 aromatic carbocycles. The average molecular weight is 436 g/mol. The van der Waals surface area contributed by atoms with Gasteiger partial charge in [-0.25, -0.2) is 0 Å². The molecule has 2 aliphatic rings. The zero-order valence-corrected chi connectivity index (χ0v) is 19.2. The van der Waals surface area contributed by atoms with Crippen LogP contribution in [0.4, 0.5) is 5.69 Å². The van der Waals surface area contributed by atoms with Gasteiger partial charge in [-0.3, -0.25) is 14.5 Å². The number of aryl methyl sites for hydroxylation is 1. The molecule has 0 saturated heterocycles. The van der Waals surface area contributed by atoms with Gasteiger partial charge < -0.3 is 9.88 Å². The van der Waals surface area contributed by atoms with E-state index in [1.807, 2.05) is 60.2 Å². The van der Waals surface area contributed by atoms with Crippen LogP contribution in [0.15, 0.2) is 41.8 Å². The monoisotopic (exact) mass is 435 g/mol. The van der Waals surface area contributed by atoms with E-state index in [1.54, 1.807) is 16.2 Å². The van der Waals surface area contributed by atoms with Gasteiger partial charge in [-0.2, -0.15) is 0 Å². The van der Waals surface area contributed by atoms with E-state index in [-0.39, 0.29) is 17.9 Å². The van der Waals surface area contributed by atoms with Gasteiger partial charge in [-0.1, -0.05) is 38.0 Å². The predicted octanol–water partition coefficient (Wildman–Crippen LogP) is 5.13. The van der Waals surface area contributed by atoms with E-state index < -0.39 is 5.54 Å². The highest BCUT2D eigenvalue weighted by atomic mass is 32.1. The molecule has 1 fully saturated rings. The van der Waals surface area contributed by atoms with Crippen molar-refractivity contribution in [2.75, 3.05) is 4.90 Å². The lowest BCUT2D eigenvalue weighted by Crippen LogP contribution is -2.66. The number of amides is 2. The summed E-state index contributed by atoms with van der Waals surface area (Å²) < 4.78 is 3.12. The average Bonchev–Trinajstić information content (AvgIpc) is 3.33. The van der Waals surface area contributed by atoms with Crippen LogP contribution in [-0.4, -0.2) is 28.0 Å². The maximum atomic E-state index is 13.9. The van der Waals surface area contributed by atoms with Crippen LogP contribution in [0.3, 0.4) is 0 Å². The van der Waals surface area contributed by atoms with Crippen molar-refractivity contribution in [3.63, 3.8) is 0 Å². The maximum Gasteiger partial charge on any atom is 0.275 e. The van der Waals surface area contributed by atoms with Crippen LogP contribution in [0.2, 0.25) is 0 Å². The fourth-order valence-corrected chi connectivity index (χ4v) is 6.08. The maximum absolute atomic E-state index is 13.9. The van der Waals surface area contributed by atoms with Gasteiger partial charge in [0.2, 0.25) is 5.91 Å². The van der Waals surface area contributed by atoms with Crippen molar-refractivity contribution >= 4 is 39.1 Å². The van der Waals surface area contributed by atoms with E-state index in [1.165, 1.54) is 6.42 Å². The van der Waals surface area contributed by atoms with Crippen LogP contribution in [0.1, 0.15) is 55.6 Å². The third kappa shape index (κ3) is 3.19. The molecule has 162 valence electrons. The summed E-state index contributed by atoms with van der Waals surface area (Å²) in [7, 11) is 0. The number of aromatic nitrogens is 1. The number of nitrogens with zero attached hydrogens (tertiary/aromatic N) is 2. The molecule has 1 N–H and O–H groups in total. The van der Waals surface area contributed by atoms with Gasteiger partial charge >= 0.3 is 0 Å². The van der Waals surface area contributed by atoms with Crippen LogP contribution in [-0.2, 0) is 11.3 Å². The van der Waals surface area contributed by atoms with E-state index in [0.717, 1.165) is 40.7 Å². The minimum absolute atomic E-state index is 0.0643. The summed E-state index contributed by atoms with van der Waals surface area (Å²) in [5, 5.41) is 5.38. The summed E-state index contributed by atoms with van der Waals surface area (Å²) in [6.07, 6.45) is 4.51. The van der Waals surface area contributed by atoms with Crippen molar-refractivity contribution in [1.82, 2.24) is 9.88 Å². The second-order valence-electron chi connectivity index (χ2n) is 9.33. The number of anilines is 1. The molecule has 3 aromatic rings. The standard InChI is InChI=1S/C25H29N3O2S/c1-16-8-4-6-10-18(16)26-24(30)25(3)15-27-20-12-13-31-22(20)14-21(27)23(29)28(25)19-11-7-5-9-17(19)2/h5,7,9,11-14,16,18H,4,6,8,10,15H2,1-3H3,(H,26,30). The van der Waals surface area contributed by atoms with E-state index >= 15 is 0 Å². The second-order valence-corrected chi connectivity index (χ2v) is 10.3. The van der Waals surface area contributed by atoms with Gasteiger partial charge in [0.25, 0.3) is 5.91 Å². The fraction of sp³-hybridized carbons (Fsp3) is 0.440. The first kappa shape index (κ1) is 20.3. The van der Waals surface area contributed by atoms with Crippen molar-refractivity contribution in [3.8, 4) is 0 Å². The Balaban J connectivity index is 1.61. The number of hydrogen-bond acceptors (Lipinski definition) is 3. The molecular weight excluding hydrogens is 406 g/mol. The molecule has 3 atom stereocenters. The molecule has 2 amide bonds. The zero-order chi connectivity index (χ0) is 21.8. The van der Waals surface area contributed by atoms with Gasteiger partial charge in [-0.15, -0.1) is 11.3 Å². The number of rotatable bonds is 3. The number of carbonyl (C=O) groups excluding carboxylic acids is 2. The lowest BCUT2D eigenvalue weighted by molar-refractivity contribution is -0.127. The molecular formula is C25H29N3O2S. The van der Waals surface area contributed by atoms with Crippen LogP contribution in [0.5, 0.6) is 0 Å². The second kappa shape index (κ2) is 7.52. The summed E-state index contributed by atoms with van der Waals surface area (Å²) in [5.41, 5.74) is 2.46. The Bertz CT molecular complexity index is 1160. The first-order chi connectivity index (χ1) is 14.9. The molecule has 0 bridgehead atoms. The van der Waals surface area contributed by atoms with Gasteiger partial charge in [0.05, 0.1) is 16.8 Å². The number of thiophene rings is 1. The van der Waals surface area contributed by atoms with E-state index in [9.17, 15) is 9.59 Å². The molecule has 6 heteroatoms. The van der Waals surface area contributed by atoms with Crippen LogP contribution >= 0.6 is 11.3 Å². The summed E-state index contributed by atoms with van der Waals surface area (Å²) in [5.74, 6) is 0.280. The molecule has 1 saturated carbocycles. The first-order valence-electron chi connectivity index (χ1n) is 11.2. The summed E-state index contributed by atoms with van der Waals surface area (Å²) in [4.78, 5) is 29.4. The molecule has 1 aliphatic heterocycles. The van der Waals surface area contributed by atoms with Crippen molar-refractivity contribution in [1.29, 1.82) is 0 Å². The minimum atomic E-state index is -1.01. The summed E-state index contributed by atoms with van der Waals surface area (Å²) in [6, 6.07) is 12.0. The number of carbonyl (C=O) groups is 2. The van der Waals surface area contributed by atoms with Crippen molar-refractivity contribution < 1.29 is 9.59 Å². The van der Waals surface area contributed by atoms with Gasteiger partial charge in [-0.05, 0) is 61.7 Å². The Kier molecular flexibility index (Phi) is 4.93. The van der Waals surface area contributed by atoms with Gasteiger partial charge in [0.1, 0.15) is 11.2 Å². The Morgan fingerprint density at radius 2 is 1.97 bits per heavy atom. The quantitative estimate of drug-likeness (QED) is 0.620. The number of benzene rings is 1. The topological polar surface area (TPSA) is 54.3 Å². The number of fused-ring (bicyclic) bond motifs is 3. The first-order valence-corrected chi connectivity index (χ1v) is 12.1. The highest BCUT2D eigenvalue weighted by Gasteiger charge is 2.49. The molecule has 1 aliphatic carbocycles. The highest BCUT2D eigenvalue weighted by Crippen LogP contribution is 2.38. The molecule has 3 heterocycles. The molecule has 3 unspecified atom stereocenters. The molecule has 2 aromatic heterocycles. The number of hydrogen-bond donors (Lipinski definition) is 1. The normalized spacial score (nSPS) is 26.2.